The average molecular weight is 592 g/mol. The van der Waals surface area contributed by atoms with E-state index in [2.05, 4.69) is 36.2 Å². The maximum absolute atomic E-state index is 14.6. The molecule has 2 unspecified atom stereocenters. The molecular weight excluding hydrogens is 562 g/mol. The first-order chi connectivity index (χ1) is 17.2. The van der Waals surface area contributed by atoms with E-state index in [-0.39, 0.29) is 34.0 Å². The molecule has 0 spiro atoms. The van der Waals surface area contributed by atoms with E-state index >= 15 is 0 Å². The summed E-state index contributed by atoms with van der Waals surface area (Å²) >= 11 is 2.99. The van der Waals surface area contributed by atoms with E-state index in [1.54, 1.807) is 20.8 Å². The number of pyridine rings is 1. The van der Waals surface area contributed by atoms with E-state index in [1.165, 1.54) is 11.0 Å². The Balaban J connectivity index is 0.00000235. The molecule has 2 amide bonds. The second-order valence-corrected chi connectivity index (χ2v) is 9.86. The molecule has 2 aromatic rings. The predicted molar refractivity (Wildman–Crippen MR) is 132 cm³/mol. The molecule has 13 heteroatoms. The van der Waals surface area contributed by atoms with Crippen molar-refractivity contribution in [2.24, 2.45) is 0 Å². The standard InChI is InChI=1S/C22H24BrF4N5O3.C2H6/c1-11-5-6-15(32(11)20(34)35-21(2,3)4)18(33)28-10-13-7-14(16(24)17(23)31-13)12-8-29-19(30-9-12)22(25,26)27;1-2/h7-9,11,15H,5-6,10H2,1-4H3,(H,28,33);1-2H3. The molecule has 0 bridgehead atoms. The first-order valence-corrected chi connectivity index (χ1v) is 12.5. The van der Waals surface area contributed by atoms with Crippen molar-refractivity contribution in [2.45, 2.75) is 84.8 Å². The molecule has 1 fully saturated rings. The van der Waals surface area contributed by atoms with Gasteiger partial charge in [0.25, 0.3) is 0 Å². The maximum atomic E-state index is 14.6. The van der Waals surface area contributed by atoms with Gasteiger partial charge in [0, 0.05) is 29.6 Å². The fraction of sp³-hybridized carbons (Fsp3) is 0.542. The third kappa shape index (κ3) is 7.83. The van der Waals surface area contributed by atoms with Gasteiger partial charge in [-0.1, -0.05) is 13.8 Å². The largest absolute Gasteiger partial charge is 0.451 e. The maximum Gasteiger partial charge on any atom is 0.451 e. The number of alkyl halides is 3. The summed E-state index contributed by atoms with van der Waals surface area (Å²) < 4.78 is 58.0. The minimum absolute atomic E-state index is 0.00638. The highest BCUT2D eigenvalue weighted by Crippen LogP contribution is 2.30. The summed E-state index contributed by atoms with van der Waals surface area (Å²) in [4.78, 5) is 37.4. The molecule has 37 heavy (non-hydrogen) atoms. The summed E-state index contributed by atoms with van der Waals surface area (Å²) in [6.07, 6.45) is -2.52. The quantitative estimate of drug-likeness (QED) is 0.352. The van der Waals surface area contributed by atoms with Gasteiger partial charge in [-0.2, -0.15) is 13.2 Å². The molecule has 204 valence electrons. The van der Waals surface area contributed by atoms with Crippen molar-refractivity contribution < 1.29 is 31.9 Å². The molecule has 0 aromatic carbocycles. The summed E-state index contributed by atoms with van der Waals surface area (Å²) in [5.41, 5.74) is -0.568. The van der Waals surface area contributed by atoms with Crippen molar-refractivity contribution in [1.29, 1.82) is 0 Å². The number of likely N-dealkylation sites (tertiary alicyclic amines) is 1. The van der Waals surface area contributed by atoms with Crippen molar-refractivity contribution in [2.75, 3.05) is 0 Å². The molecule has 3 rings (SSSR count). The molecule has 2 atom stereocenters. The Hall–Kier alpha value is -2.83. The van der Waals surface area contributed by atoms with Crippen molar-refractivity contribution in [1.82, 2.24) is 25.2 Å². The Morgan fingerprint density at radius 1 is 1.16 bits per heavy atom. The monoisotopic (exact) mass is 591 g/mol. The Morgan fingerprint density at radius 2 is 1.76 bits per heavy atom. The van der Waals surface area contributed by atoms with Crippen LogP contribution in [-0.2, 0) is 22.3 Å². The summed E-state index contributed by atoms with van der Waals surface area (Å²) in [5.74, 6) is -2.59. The smallest absolute Gasteiger partial charge is 0.444 e. The Labute approximate surface area is 221 Å². The van der Waals surface area contributed by atoms with Gasteiger partial charge in [0.05, 0.1) is 12.2 Å². The van der Waals surface area contributed by atoms with Gasteiger partial charge in [-0.15, -0.1) is 0 Å². The van der Waals surface area contributed by atoms with Gasteiger partial charge in [-0.05, 0) is 62.5 Å². The van der Waals surface area contributed by atoms with Crippen molar-refractivity contribution in [3.63, 3.8) is 0 Å². The summed E-state index contributed by atoms with van der Waals surface area (Å²) in [6, 6.07) is 0.353. The zero-order valence-electron chi connectivity index (χ0n) is 21.4. The van der Waals surface area contributed by atoms with Gasteiger partial charge in [0.2, 0.25) is 11.7 Å². The van der Waals surface area contributed by atoms with Crippen molar-refractivity contribution in [3.05, 3.63) is 40.4 Å². The number of hydrogen-bond acceptors (Lipinski definition) is 6. The van der Waals surface area contributed by atoms with Crippen LogP contribution in [0.4, 0.5) is 22.4 Å². The van der Waals surface area contributed by atoms with Crippen LogP contribution >= 0.6 is 15.9 Å². The molecule has 8 nitrogen and oxygen atoms in total. The lowest BCUT2D eigenvalue weighted by Gasteiger charge is -2.30. The molecule has 0 aliphatic carbocycles. The summed E-state index contributed by atoms with van der Waals surface area (Å²) in [7, 11) is 0. The highest BCUT2D eigenvalue weighted by Gasteiger charge is 2.41. The zero-order valence-corrected chi connectivity index (χ0v) is 23.0. The van der Waals surface area contributed by atoms with Crippen molar-refractivity contribution >= 4 is 27.9 Å². The Morgan fingerprint density at radius 3 is 2.30 bits per heavy atom. The van der Waals surface area contributed by atoms with Crippen LogP contribution in [0.15, 0.2) is 23.1 Å². The first-order valence-electron chi connectivity index (χ1n) is 11.7. The predicted octanol–water partition coefficient (Wildman–Crippen LogP) is 5.89. The average Bonchev–Trinajstić information content (AvgIpc) is 3.21. The SMILES string of the molecule is CC.CC1CCC(C(=O)NCc2cc(-c3cnc(C(F)(F)F)nc3)c(F)c(Br)n2)N1C(=O)OC(C)(C)C. The molecule has 1 N–H and O–H groups in total. The lowest BCUT2D eigenvalue weighted by atomic mass is 10.1. The van der Waals surface area contributed by atoms with Crippen LogP contribution in [0.2, 0.25) is 0 Å². The number of amides is 2. The highest BCUT2D eigenvalue weighted by molar-refractivity contribution is 9.10. The topological polar surface area (TPSA) is 97.3 Å². The number of carbonyl (C=O) groups excluding carboxylic acids is 2. The minimum Gasteiger partial charge on any atom is -0.444 e. The van der Waals surface area contributed by atoms with Crippen LogP contribution < -0.4 is 5.32 Å². The second-order valence-electron chi connectivity index (χ2n) is 9.11. The molecule has 2 aromatic heterocycles. The Kier molecular flexibility index (Phi) is 9.97. The van der Waals surface area contributed by atoms with Crippen LogP contribution in [-0.4, -0.2) is 49.5 Å². The van der Waals surface area contributed by atoms with Gasteiger partial charge in [0.15, 0.2) is 5.82 Å². The minimum atomic E-state index is -4.73. The number of halogens is 5. The number of carbonyl (C=O) groups is 2. The van der Waals surface area contributed by atoms with E-state index in [1.807, 2.05) is 20.8 Å². The molecule has 1 aliphatic heterocycles. The van der Waals surface area contributed by atoms with E-state index in [9.17, 15) is 27.2 Å². The molecule has 0 saturated carbocycles. The summed E-state index contributed by atoms with van der Waals surface area (Å²) in [6.45, 7) is 10.9. The van der Waals surface area contributed by atoms with Gasteiger partial charge in [0.1, 0.15) is 16.2 Å². The van der Waals surface area contributed by atoms with E-state index < -0.39 is 41.5 Å². The van der Waals surface area contributed by atoms with Gasteiger partial charge in [-0.3, -0.25) is 9.69 Å². The zero-order chi connectivity index (χ0) is 28.1. The van der Waals surface area contributed by atoms with Crippen LogP contribution in [0.3, 0.4) is 0 Å². The van der Waals surface area contributed by atoms with Crippen molar-refractivity contribution in [3.8, 4) is 11.1 Å². The van der Waals surface area contributed by atoms with Gasteiger partial charge in [-0.25, -0.2) is 24.1 Å². The molecule has 1 saturated heterocycles. The van der Waals surface area contributed by atoms with Gasteiger partial charge < -0.3 is 10.1 Å². The lowest BCUT2D eigenvalue weighted by molar-refractivity contribution is -0.145. The highest BCUT2D eigenvalue weighted by atomic mass is 79.9. The number of nitrogens with zero attached hydrogens (tertiary/aromatic N) is 4. The van der Waals surface area contributed by atoms with Crippen LogP contribution in [0.25, 0.3) is 11.1 Å². The fourth-order valence-corrected chi connectivity index (χ4v) is 4.06. The number of nitrogens with one attached hydrogen (secondary N) is 1. The van der Waals surface area contributed by atoms with Gasteiger partial charge >= 0.3 is 12.3 Å². The van der Waals surface area contributed by atoms with Crippen LogP contribution in [0.1, 0.15) is 65.9 Å². The van der Waals surface area contributed by atoms with E-state index in [4.69, 9.17) is 4.74 Å². The fourth-order valence-electron chi connectivity index (χ4n) is 3.62. The number of rotatable bonds is 4. The normalized spacial score (nSPS) is 17.6. The van der Waals surface area contributed by atoms with E-state index in [0.717, 1.165) is 12.4 Å². The third-order valence-corrected chi connectivity index (χ3v) is 5.73. The van der Waals surface area contributed by atoms with Crippen LogP contribution in [0.5, 0.6) is 0 Å². The molecule has 0 radical (unpaired) electrons. The second kappa shape index (κ2) is 12.1. The first kappa shape index (κ1) is 30.4. The molecule has 3 heterocycles. The van der Waals surface area contributed by atoms with E-state index in [0.29, 0.717) is 12.8 Å². The number of aromatic nitrogens is 3. The summed E-state index contributed by atoms with van der Waals surface area (Å²) in [5, 5.41) is 2.69. The van der Waals surface area contributed by atoms with Crippen LogP contribution in [0, 0.1) is 5.82 Å². The number of ether oxygens (including phenoxy) is 1. The lowest BCUT2D eigenvalue weighted by Crippen LogP contribution is -2.49. The molecule has 1 aliphatic rings. The Bertz CT molecular complexity index is 1110. The third-order valence-electron chi connectivity index (χ3n) is 5.21. The molecular formula is C24H30BrF4N5O3. The number of hydrogen-bond donors (Lipinski definition) is 1.